The van der Waals surface area contributed by atoms with Crippen LogP contribution in [0.15, 0.2) is 11.6 Å². The van der Waals surface area contributed by atoms with Gasteiger partial charge in [-0.15, -0.1) is 0 Å². The number of hydrogen-bond donors (Lipinski definition) is 9. The van der Waals surface area contributed by atoms with Crippen molar-refractivity contribution in [2.75, 3.05) is 13.2 Å². The molecule has 0 aromatic carbocycles. The molecule has 0 amide bonds. The van der Waals surface area contributed by atoms with E-state index in [1.54, 1.807) is 6.92 Å². The van der Waals surface area contributed by atoms with Crippen LogP contribution in [0, 0.1) is 50.7 Å². The Hall–Kier alpha value is -1.27. The predicted molar refractivity (Wildman–Crippen MR) is 195 cm³/mol. The largest absolute Gasteiger partial charge is 0.481 e. The number of carbonyl (C=O) groups is 1. The summed E-state index contributed by atoms with van der Waals surface area (Å²) in [5, 5.41) is 96.1. The van der Waals surface area contributed by atoms with Crippen molar-refractivity contribution in [2.24, 2.45) is 50.7 Å². The van der Waals surface area contributed by atoms with Crippen LogP contribution < -0.4 is 0 Å². The highest BCUT2D eigenvalue weighted by molar-refractivity contribution is 5.77. The molecule has 0 bridgehead atoms. The highest BCUT2D eigenvalue weighted by Gasteiger charge is 2.73. The molecule has 5 aliphatic carbocycles. The second-order valence-electron chi connectivity index (χ2n) is 20.0. The van der Waals surface area contributed by atoms with E-state index in [9.17, 15) is 50.8 Å². The molecule has 6 fully saturated rings. The third-order valence-electron chi connectivity index (χ3n) is 17.4. The molecule has 4 saturated carbocycles. The van der Waals surface area contributed by atoms with E-state index in [1.165, 1.54) is 0 Å². The summed E-state index contributed by atoms with van der Waals surface area (Å²) in [6.07, 6.45) is -6.27. The van der Waals surface area contributed by atoms with E-state index in [4.69, 9.17) is 18.9 Å². The average molecular weight is 783 g/mol. The molecular weight excluding hydrogens is 716 g/mol. The second-order valence-corrected chi connectivity index (χ2v) is 20.0. The van der Waals surface area contributed by atoms with Crippen LogP contribution in [-0.4, -0.2) is 138 Å². The molecule has 3 unspecified atom stereocenters. The molecule has 20 atom stereocenters. The summed E-state index contributed by atoms with van der Waals surface area (Å²) in [4.78, 5) is 13.6. The van der Waals surface area contributed by atoms with Gasteiger partial charge in [-0.25, -0.2) is 0 Å². The number of aliphatic hydroxyl groups is 8. The quantitative estimate of drug-likeness (QED) is 0.137. The first-order valence-corrected chi connectivity index (χ1v) is 20.5. The Balaban J connectivity index is 1.17. The first-order chi connectivity index (χ1) is 25.5. The number of aliphatic hydroxyl groups excluding tert-OH is 7. The summed E-state index contributed by atoms with van der Waals surface area (Å²) in [5.74, 6) is -1.85. The topological polar surface area (TPSA) is 236 Å². The number of hydrogen-bond acceptors (Lipinski definition) is 13. The van der Waals surface area contributed by atoms with E-state index in [0.29, 0.717) is 12.8 Å². The van der Waals surface area contributed by atoms with Gasteiger partial charge in [0.2, 0.25) is 0 Å². The lowest BCUT2D eigenvalue weighted by atomic mass is 9.33. The smallest absolute Gasteiger partial charge is 0.310 e. The van der Waals surface area contributed by atoms with Gasteiger partial charge in [-0.2, -0.15) is 0 Å². The summed E-state index contributed by atoms with van der Waals surface area (Å²) in [6, 6.07) is 0. The molecule has 55 heavy (non-hydrogen) atoms. The van der Waals surface area contributed by atoms with Gasteiger partial charge < -0.3 is 64.9 Å². The monoisotopic (exact) mass is 782 g/mol. The molecule has 14 nitrogen and oxygen atoms in total. The zero-order valence-electron chi connectivity index (χ0n) is 33.4. The zero-order chi connectivity index (χ0) is 40.4. The van der Waals surface area contributed by atoms with Gasteiger partial charge in [0.25, 0.3) is 0 Å². The molecule has 7 aliphatic rings. The number of allylic oxidation sites excluding steroid dienone is 1. The molecule has 0 aromatic rings. The highest BCUT2D eigenvalue weighted by Crippen LogP contribution is 2.76. The summed E-state index contributed by atoms with van der Waals surface area (Å²) in [5.41, 5.74) is -3.01. The first-order valence-electron chi connectivity index (χ1n) is 20.5. The van der Waals surface area contributed by atoms with Gasteiger partial charge in [-0.3, -0.25) is 4.79 Å². The van der Waals surface area contributed by atoms with Gasteiger partial charge in [0.05, 0.1) is 36.4 Å². The van der Waals surface area contributed by atoms with E-state index in [1.807, 2.05) is 6.92 Å². The fraction of sp³-hybridized carbons (Fsp3) is 0.927. The normalized spacial score (nSPS) is 56.3. The molecule has 314 valence electrons. The molecule has 7 rings (SSSR count). The number of carboxylic acids is 1. The number of fused-ring (bicyclic) bond motifs is 7. The molecular formula is C41H66O14. The maximum Gasteiger partial charge on any atom is 0.310 e. The average Bonchev–Trinajstić information content (AvgIpc) is 3.12. The van der Waals surface area contributed by atoms with Crippen molar-refractivity contribution < 1.29 is 69.7 Å². The molecule has 0 aromatic heterocycles. The van der Waals surface area contributed by atoms with Gasteiger partial charge in [0, 0.05) is 11.8 Å². The van der Waals surface area contributed by atoms with Gasteiger partial charge in [-0.1, -0.05) is 53.2 Å². The number of carboxylic acid groups (broad SMARTS) is 1. The van der Waals surface area contributed by atoms with Crippen molar-refractivity contribution in [2.45, 2.75) is 173 Å². The van der Waals surface area contributed by atoms with E-state index in [2.05, 4.69) is 40.7 Å². The fourth-order valence-corrected chi connectivity index (χ4v) is 13.7. The van der Waals surface area contributed by atoms with Crippen molar-refractivity contribution in [1.82, 2.24) is 0 Å². The molecule has 14 heteroatoms. The van der Waals surface area contributed by atoms with Crippen LogP contribution in [0.1, 0.15) is 99.8 Å². The molecule has 9 N–H and O–H groups in total. The minimum absolute atomic E-state index is 0.0393. The van der Waals surface area contributed by atoms with Crippen molar-refractivity contribution >= 4 is 5.97 Å². The van der Waals surface area contributed by atoms with E-state index in [-0.39, 0.29) is 47.2 Å². The molecule has 0 spiro atoms. The van der Waals surface area contributed by atoms with Crippen LogP contribution in [0.25, 0.3) is 0 Å². The first kappa shape index (κ1) is 41.9. The van der Waals surface area contributed by atoms with Gasteiger partial charge in [-0.05, 0) is 91.8 Å². The third kappa shape index (κ3) is 5.89. The van der Waals surface area contributed by atoms with Crippen molar-refractivity contribution in [3.05, 3.63) is 11.6 Å². The standard InChI is InChI=1S/C41H66O14/c1-19-22(53-34-31(48)29(46)28(45)23(17-42)54-34)16-41(35(49)50)15-14-38(5)20(32(41)40(19,7)51)8-9-25-37(4)12-11-26(36(2,3)24(37)10-13-39(25,38)6)55-33-30(47)27(44)21(43)18-52-33/h8,19,21-34,42-48,51H,9-18H2,1-7H3,(H,49,50)/t19-,21+,22-,23-,24?,25?,26+,27+,28-,29+,30-,31-,32?,33+,34-,37+,38-,39-,40-,41-/m1/s1. The lowest BCUT2D eigenvalue weighted by Gasteiger charge is -2.72. The lowest BCUT2D eigenvalue weighted by Crippen LogP contribution is -2.70. The zero-order valence-corrected chi connectivity index (χ0v) is 33.4. The number of aliphatic carboxylic acids is 1. The van der Waals surface area contributed by atoms with Crippen molar-refractivity contribution in [3.8, 4) is 0 Å². The summed E-state index contributed by atoms with van der Waals surface area (Å²) >= 11 is 0. The minimum Gasteiger partial charge on any atom is -0.481 e. The van der Waals surface area contributed by atoms with Crippen LogP contribution in [0.2, 0.25) is 0 Å². The van der Waals surface area contributed by atoms with Gasteiger partial charge in [0.15, 0.2) is 12.6 Å². The summed E-state index contributed by atoms with van der Waals surface area (Å²) < 4.78 is 24.0. The van der Waals surface area contributed by atoms with Crippen LogP contribution >= 0.6 is 0 Å². The highest BCUT2D eigenvalue weighted by atomic mass is 16.7. The Morgan fingerprint density at radius 3 is 2.16 bits per heavy atom. The van der Waals surface area contributed by atoms with E-state index >= 15 is 0 Å². The second kappa shape index (κ2) is 13.9. The summed E-state index contributed by atoms with van der Waals surface area (Å²) in [7, 11) is 0. The minimum atomic E-state index is -1.65. The molecule has 0 radical (unpaired) electrons. The van der Waals surface area contributed by atoms with E-state index in [0.717, 1.165) is 37.7 Å². The maximum atomic E-state index is 13.6. The lowest BCUT2D eigenvalue weighted by molar-refractivity contribution is -0.328. The predicted octanol–water partition coefficient (Wildman–Crippen LogP) is 1.46. The van der Waals surface area contributed by atoms with Crippen molar-refractivity contribution in [3.63, 3.8) is 0 Å². The molecule has 2 aliphatic heterocycles. The van der Waals surface area contributed by atoms with Crippen LogP contribution in [-0.2, 0) is 23.7 Å². The maximum absolute atomic E-state index is 13.6. The number of ether oxygens (including phenoxy) is 4. The molecule has 2 heterocycles. The Morgan fingerprint density at radius 1 is 0.836 bits per heavy atom. The van der Waals surface area contributed by atoms with Gasteiger partial charge >= 0.3 is 5.97 Å². The van der Waals surface area contributed by atoms with Crippen LogP contribution in [0.4, 0.5) is 0 Å². The van der Waals surface area contributed by atoms with Crippen LogP contribution in [0.3, 0.4) is 0 Å². The Labute approximate surface area is 323 Å². The van der Waals surface area contributed by atoms with E-state index < -0.39 is 102 Å². The Kier molecular flexibility index (Phi) is 10.6. The van der Waals surface area contributed by atoms with Crippen molar-refractivity contribution in [1.29, 1.82) is 0 Å². The number of rotatable bonds is 6. The summed E-state index contributed by atoms with van der Waals surface area (Å²) in [6.45, 7) is 14.3. The third-order valence-corrected chi connectivity index (χ3v) is 17.4. The van der Waals surface area contributed by atoms with Gasteiger partial charge in [0.1, 0.15) is 42.7 Å². The fourth-order valence-electron chi connectivity index (χ4n) is 13.7. The Bertz CT molecular complexity index is 1500. The SMILES string of the molecule is C[C@@H]1[C@H](O[C@@H]2O[C@H](CO)[C@@H](O)[C@H](O)[C@H]2O)C[C@]2(C(=O)O)CC[C@]3(C)C(=CCC4[C@@]5(C)CC[C@H](O[C@@H]6OC[C@H](O)[C@H](O)[C@H]6O)C(C)(C)C5CC[C@]43C)C2[C@]1(C)O. The Morgan fingerprint density at radius 2 is 1.51 bits per heavy atom. The van der Waals surface area contributed by atoms with Crippen LogP contribution in [0.5, 0.6) is 0 Å². The molecule has 2 saturated heterocycles.